The van der Waals surface area contributed by atoms with Crippen molar-refractivity contribution < 1.29 is 9.53 Å². The number of amides is 1. The second-order valence-electron chi connectivity index (χ2n) is 9.22. The summed E-state index contributed by atoms with van der Waals surface area (Å²) in [6.45, 7) is 2.77. The lowest BCUT2D eigenvalue weighted by Gasteiger charge is -2.22. The quantitative estimate of drug-likeness (QED) is 0.558. The van der Waals surface area contributed by atoms with Crippen molar-refractivity contribution in [1.82, 2.24) is 19.9 Å². The fourth-order valence-electron chi connectivity index (χ4n) is 4.72. The number of aromatic nitrogens is 3. The fraction of sp³-hybridized carbons (Fsp3) is 0.385. The minimum Gasteiger partial charge on any atom is -0.480 e. The van der Waals surface area contributed by atoms with Crippen LogP contribution in [-0.2, 0) is 4.79 Å². The number of likely N-dealkylation sites (N-methyl/N-ethyl adjacent to an activating group) is 1. The lowest BCUT2D eigenvalue weighted by molar-refractivity contribution is -0.117. The van der Waals surface area contributed by atoms with Crippen LogP contribution in [0.2, 0.25) is 0 Å². The van der Waals surface area contributed by atoms with Crippen molar-refractivity contribution in [2.24, 2.45) is 0 Å². The van der Waals surface area contributed by atoms with E-state index in [-0.39, 0.29) is 5.91 Å². The number of anilines is 4. The topological polar surface area (TPSA) is 86.7 Å². The molecule has 2 aromatic heterocycles. The fourth-order valence-corrected chi connectivity index (χ4v) is 4.72. The molecule has 4 heterocycles. The maximum absolute atomic E-state index is 12.0. The zero-order valence-corrected chi connectivity index (χ0v) is 20.4. The van der Waals surface area contributed by atoms with Crippen molar-refractivity contribution >= 4 is 28.9 Å². The average molecular weight is 474 g/mol. The summed E-state index contributed by atoms with van der Waals surface area (Å²) >= 11 is 0. The van der Waals surface area contributed by atoms with Gasteiger partial charge in [-0.2, -0.15) is 4.98 Å². The summed E-state index contributed by atoms with van der Waals surface area (Å²) in [4.78, 5) is 32.0. The third-order valence-corrected chi connectivity index (χ3v) is 6.75. The van der Waals surface area contributed by atoms with E-state index in [1.807, 2.05) is 35.4 Å². The third kappa shape index (κ3) is 4.90. The zero-order valence-electron chi connectivity index (χ0n) is 20.4. The van der Waals surface area contributed by atoms with Gasteiger partial charge in [-0.15, -0.1) is 0 Å². The van der Waals surface area contributed by atoms with Gasteiger partial charge < -0.3 is 24.8 Å². The molecule has 1 N–H and O–H groups in total. The van der Waals surface area contributed by atoms with Gasteiger partial charge in [0.1, 0.15) is 0 Å². The molecule has 0 unspecified atom stereocenters. The molecule has 35 heavy (non-hydrogen) atoms. The molecule has 9 heteroatoms. The molecule has 0 spiro atoms. The maximum atomic E-state index is 12.0. The molecular weight excluding hydrogens is 442 g/mol. The molecular formula is C26H31N7O2. The van der Waals surface area contributed by atoms with Crippen molar-refractivity contribution in [3.05, 3.63) is 48.9 Å². The van der Waals surface area contributed by atoms with Crippen LogP contribution in [0.15, 0.2) is 48.9 Å². The molecule has 2 aliphatic rings. The van der Waals surface area contributed by atoms with Crippen molar-refractivity contribution in [3.8, 4) is 17.0 Å². The first-order valence-corrected chi connectivity index (χ1v) is 12.0. The maximum Gasteiger partial charge on any atom is 0.230 e. The van der Waals surface area contributed by atoms with Gasteiger partial charge in [-0.3, -0.25) is 9.78 Å². The highest BCUT2D eigenvalue weighted by Crippen LogP contribution is 2.32. The first kappa shape index (κ1) is 23.0. The second-order valence-corrected chi connectivity index (χ2v) is 9.22. The van der Waals surface area contributed by atoms with Gasteiger partial charge in [0.05, 0.1) is 36.4 Å². The lowest BCUT2D eigenvalue weighted by atomic mass is 10.1. The predicted octanol–water partition coefficient (Wildman–Crippen LogP) is 3.56. The van der Waals surface area contributed by atoms with Crippen LogP contribution in [0.3, 0.4) is 0 Å². The monoisotopic (exact) mass is 473 g/mol. The SMILES string of the molecule is COc1nc(Nc2cncc(N3CC[C@H](N(C)C)C3)c2)ncc1-c1ccc(N2CCCC2=O)cc1. The molecule has 1 atom stereocenters. The summed E-state index contributed by atoms with van der Waals surface area (Å²) in [5.74, 6) is 1.09. The van der Waals surface area contributed by atoms with Crippen LogP contribution >= 0.6 is 0 Å². The van der Waals surface area contributed by atoms with Crippen LogP contribution in [0.5, 0.6) is 5.88 Å². The van der Waals surface area contributed by atoms with Gasteiger partial charge in [-0.1, -0.05) is 12.1 Å². The number of ether oxygens (including phenoxy) is 1. The summed E-state index contributed by atoms with van der Waals surface area (Å²) in [5.41, 5.74) is 4.54. The Morgan fingerprint density at radius 2 is 1.91 bits per heavy atom. The number of hydrogen-bond donors (Lipinski definition) is 1. The Morgan fingerprint density at radius 1 is 1.09 bits per heavy atom. The molecule has 0 saturated carbocycles. The van der Waals surface area contributed by atoms with E-state index in [9.17, 15) is 4.79 Å². The molecule has 182 valence electrons. The summed E-state index contributed by atoms with van der Waals surface area (Å²) in [6, 6.07) is 10.5. The predicted molar refractivity (Wildman–Crippen MR) is 137 cm³/mol. The van der Waals surface area contributed by atoms with Crippen molar-refractivity contribution in [3.63, 3.8) is 0 Å². The number of nitrogens with one attached hydrogen (secondary N) is 1. The molecule has 0 bridgehead atoms. The van der Waals surface area contributed by atoms with E-state index in [4.69, 9.17) is 4.74 Å². The molecule has 2 fully saturated rings. The summed E-state index contributed by atoms with van der Waals surface area (Å²) in [7, 11) is 5.85. The van der Waals surface area contributed by atoms with Gasteiger partial charge in [-0.25, -0.2) is 4.98 Å². The Morgan fingerprint density at radius 3 is 2.60 bits per heavy atom. The second kappa shape index (κ2) is 9.87. The number of hydrogen-bond acceptors (Lipinski definition) is 8. The van der Waals surface area contributed by atoms with Crippen molar-refractivity contribution in [2.45, 2.75) is 25.3 Å². The average Bonchev–Trinajstić information content (AvgIpc) is 3.54. The number of pyridine rings is 1. The van der Waals surface area contributed by atoms with Gasteiger partial charge >= 0.3 is 0 Å². The van der Waals surface area contributed by atoms with Crippen LogP contribution in [0.25, 0.3) is 11.1 Å². The number of rotatable bonds is 7. The standard InChI is InChI=1S/C26H31N7O2/c1-31(2)21-10-12-32(17-21)22-13-19(14-27-15-22)29-26-28-16-23(25(30-26)35-3)18-6-8-20(9-7-18)33-11-4-5-24(33)34/h6-9,13-16,21H,4-5,10-12,17H2,1-3H3,(H,28,29,30)/t21-/m0/s1. The molecule has 1 amide bonds. The lowest BCUT2D eigenvalue weighted by Crippen LogP contribution is -2.31. The molecule has 5 rings (SSSR count). The highest BCUT2D eigenvalue weighted by molar-refractivity contribution is 5.95. The minimum absolute atomic E-state index is 0.176. The number of nitrogens with zero attached hydrogens (tertiary/aromatic N) is 6. The zero-order chi connectivity index (χ0) is 24.4. The minimum atomic E-state index is 0.176. The van der Waals surface area contributed by atoms with Crippen LogP contribution in [0, 0.1) is 0 Å². The van der Waals surface area contributed by atoms with Crippen molar-refractivity contribution in [1.29, 1.82) is 0 Å². The Balaban J connectivity index is 1.31. The molecule has 0 aliphatic carbocycles. The molecule has 2 saturated heterocycles. The van der Waals surface area contributed by atoms with E-state index in [0.717, 1.165) is 60.7 Å². The Kier molecular flexibility index (Phi) is 6.50. The van der Waals surface area contributed by atoms with Crippen LogP contribution in [0.1, 0.15) is 19.3 Å². The molecule has 9 nitrogen and oxygen atoms in total. The van der Waals surface area contributed by atoms with Crippen LogP contribution in [0.4, 0.5) is 23.0 Å². The molecule has 0 radical (unpaired) electrons. The van der Waals surface area contributed by atoms with E-state index in [1.165, 1.54) is 0 Å². The first-order chi connectivity index (χ1) is 17.0. The van der Waals surface area contributed by atoms with Gasteiger partial charge in [0.15, 0.2) is 0 Å². The van der Waals surface area contributed by atoms with E-state index < -0.39 is 0 Å². The van der Waals surface area contributed by atoms with Gasteiger partial charge in [0, 0.05) is 44.0 Å². The van der Waals surface area contributed by atoms with E-state index in [2.05, 4.69) is 50.2 Å². The molecule has 1 aromatic carbocycles. The first-order valence-electron chi connectivity index (χ1n) is 12.0. The largest absolute Gasteiger partial charge is 0.480 e. The summed E-state index contributed by atoms with van der Waals surface area (Å²) in [6.07, 6.45) is 8.08. The van der Waals surface area contributed by atoms with E-state index in [1.54, 1.807) is 19.5 Å². The van der Waals surface area contributed by atoms with Crippen molar-refractivity contribution in [2.75, 3.05) is 56.0 Å². The third-order valence-electron chi connectivity index (χ3n) is 6.75. The van der Waals surface area contributed by atoms with Crippen LogP contribution < -0.4 is 19.9 Å². The van der Waals surface area contributed by atoms with Gasteiger partial charge in [0.2, 0.25) is 17.7 Å². The van der Waals surface area contributed by atoms with E-state index in [0.29, 0.717) is 24.3 Å². The highest BCUT2D eigenvalue weighted by Gasteiger charge is 2.25. The molecule has 2 aliphatic heterocycles. The Labute approximate surface area is 205 Å². The number of carbonyl (C=O) groups is 1. The highest BCUT2D eigenvalue weighted by atomic mass is 16.5. The normalized spacial score (nSPS) is 17.9. The smallest absolute Gasteiger partial charge is 0.230 e. The van der Waals surface area contributed by atoms with Crippen LogP contribution in [-0.4, -0.2) is 72.6 Å². The summed E-state index contributed by atoms with van der Waals surface area (Å²) < 4.78 is 5.58. The number of carbonyl (C=O) groups excluding carboxylic acids is 1. The van der Waals surface area contributed by atoms with Gasteiger partial charge in [-0.05, 0) is 50.7 Å². The number of benzene rings is 1. The molecule has 3 aromatic rings. The number of methoxy groups -OCH3 is 1. The van der Waals surface area contributed by atoms with Gasteiger partial charge in [0.25, 0.3) is 0 Å². The Hall–Kier alpha value is -3.72. The summed E-state index contributed by atoms with van der Waals surface area (Å²) in [5, 5.41) is 3.26. The van der Waals surface area contributed by atoms with E-state index >= 15 is 0 Å². The Bertz CT molecular complexity index is 1200.